The van der Waals surface area contributed by atoms with Crippen molar-refractivity contribution in [3.63, 3.8) is 0 Å². The van der Waals surface area contributed by atoms with E-state index in [1.54, 1.807) is 12.1 Å². The summed E-state index contributed by atoms with van der Waals surface area (Å²) in [6.45, 7) is -0.653. The van der Waals surface area contributed by atoms with Gasteiger partial charge in [0.1, 0.15) is 12.2 Å². The largest absolute Gasteiger partial charge is 0.493 e. The predicted octanol–water partition coefficient (Wildman–Crippen LogP) is 2.91. The highest BCUT2D eigenvalue weighted by Gasteiger charge is 2.52. The summed E-state index contributed by atoms with van der Waals surface area (Å²) in [4.78, 5) is 28.9. The number of aliphatic hydroxyl groups is 3. The van der Waals surface area contributed by atoms with Gasteiger partial charge in [-0.25, -0.2) is 0 Å². The van der Waals surface area contributed by atoms with Gasteiger partial charge >= 0.3 is 6.18 Å². The summed E-state index contributed by atoms with van der Waals surface area (Å²) < 4.78 is 51.3. The number of alkyl halides is 3. The minimum absolute atomic E-state index is 0.0220. The van der Waals surface area contributed by atoms with Gasteiger partial charge in [0.2, 0.25) is 5.91 Å². The summed E-state index contributed by atoms with van der Waals surface area (Å²) in [5.41, 5.74) is 0.360. The van der Waals surface area contributed by atoms with Crippen molar-refractivity contribution in [2.75, 3.05) is 20.3 Å². The highest BCUT2D eigenvalue weighted by molar-refractivity contribution is 5.97. The van der Waals surface area contributed by atoms with Crippen LogP contribution < -0.4 is 14.8 Å². The van der Waals surface area contributed by atoms with Crippen LogP contribution in [0.4, 0.5) is 13.2 Å². The van der Waals surface area contributed by atoms with Gasteiger partial charge < -0.3 is 35.0 Å². The Labute approximate surface area is 240 Å². The second-order valence-corrected chi connectivity index (χ2v) is 10.7. The van der Waals surface area contributed by atoms with Crippen molar-refractivity contribution < 1.29 is 47.6 Å². The smallest absolute Gasteiger partial charge is 0.416 e. The minimum Gasteiger partial charge on any atom is -0.493 e. The maximum absolute atomic E-state index is 14.0. The van der Waals surface area contributed by atoms with E-state index in [1.807, 2.05) is 0 Å². The number of rotatable bonds is 8. The third kappa shape index (κ3) is 5.46. The minimum atomic E-state index is -4.56. The Morgan fingerprint density at radius 2 is 1.81 bits per heavy atom. The molecule has 2 aromatic rings. The summed E-state index contributed by atoms with van der Waals surface area (Å²) in [5.74, 6) is -1.28. The molecule has 5 rings (SSSR count). The van der Waals surface area contributed by atoms with Crippen LogP contribution in [0.2, 0.25) is 0 Å². The Morgan fingerprint density at radius 1 is 1.12 bits per heavy atom. The van der Waals surface area contributed by atoms with Gasteiger partial charge in [0.05, 0.1) is 37.8 Å². The number of amides is 2. The fourth-order valence-electron chi connectivity index (χ4n) is 6.27. The van der Waals surface area contributed by atoms with Crippen molar-refractivity contribution in [1.29, 1.82) is 0 Å². The molecule has 2 aliphatic carbocycles. The van der Waals surface area contributed by atoms with Crippen LogP contribution in [0.5, 0.6) is 11.5 Å². The van der Waals surface area contributed by atoms with E-state index in [0.717, 1.165) is 37.1 Å². The second kappa shape index (κ2) is 11.9. The van der Waals surface area contributed by atoms with E-state index in [9.17, 15) is 38.1 Å². The van der Waals surface area contributed by atoms with Crippen LogP contribution in [-0.2, 0) is 17.6 Å². The third-order valence-corrected chi connectivity index (χ3v) is 8.23. The Morgan fingerprint density at radius 3 is 2.40 bits per heavy atom. The van der Waals surface area contributed by atoms with Crippen molar-refractivity contribution >= 4 is 11.8 Å². The van der Waals surface area contributed by atoms with Gasteiger partial charge in [-0.3, -0.25) is 9.59 Å². The summed E-state index contributed by atoms with van der Waals surface area (Å²) in [6.07, 6.45) is -2.48. The average molecular weight is 591 g/mol. The number of nitrogens with zero attached hydrogens (tertiary/aromatic N) is 1. The van der Waals surface area contributed by atoms with Gasteiger partial charge in [0, 0.05) is 29.3 Å². The third-order valence-electron chi connectivity index (χ3n) is 8.23. The van der Waals surface area contributed by atoms with E-state index in [2.05, 4.69) is 5.32 Å². The first-order chi connectivity index (χ1) is 20.1. The molecular weight excluding hydrogens is 557 g/mol. The van der Waals surface area contributed by atoms with E-state index in [-0.39, 0.29) is 36.9 Å². The Hall–Kier alpha value is -3.61. The van der Waals surface area contributed by atoms with Crippen molar-refractivity contribution in [2.45, 2.75) is 68.7 Å². The Bertz CT molecular complexity index is 1360. The Balaban J connectivity index is 1.60. The molecule has 0 spiro atoms. The average Bonchev–Trinajstić information content (AvgIpc) is 3.65. The maximum Gasteiger partial charge on any atom is 0.416 e. The molecule has 1 fully saturated rings. The summed E-state index contributed by atoms with van der Waals surface area (Å²) in [6, 6.07) is 5.82. The fourth-order valence-corrected chi connectivity index (χ4v) is 6.27. The summed E-state index contributed by atoms with van der Waals surface area (Å²) >= 11 is 0. The van der Waals surface area contributed by atoms with Gasteiger partial charge in [0.25, 0.3) is 5.91 Å². The molecule has 1 aliphatic heterocycles. The highest BCUT2D eigenvalue weighted by atomic mass is 19.4. The summed E-state index contributed by atoms with van der Waals surface area (Å²) in [7, 11) is 1.43. The lowest BCUT2D eigenvalue weighted by Crippen LogP contribution is -2.58. The number of hydrogen-bond donors (Lipinski definition) is 4. The topological polar surface area (TPSA) is 129 Å². The molecule has 226 valence electrons. The van der Waals surface area contributed by atoms with E-state index < -0.39 is 47.7 Å². The van der Waals surface area contributed by atoms with Crippen molar-refractivity contribution in [2.24, 2.45) is 0 Å². The molecule has 1 heterocycles. The molecule has 0 bridgehead atoms. The molecule has 42 heavy (non-hydrogen) atoms. The monoisotopic (exact) mass is 590 g/mol. The van der Waals surface area contributed by atoms with Crippen LogP contribution in [0.15, 0.2) is 48.0 Å². The normalized spacial score (nSPS) is 23.5. The molecule has 4 unspecified atom stereocenters. The zero-order valence-corrected chi connectivity index (χ0v) is 22.9. The quantitative estimate of drug-likeness (QED) is 0.372. The lowest BCUT2D eigenvalue weighted by atomic mass is 9.76. The van der Waals surface area contributed by atoms with E-state index in [0.29, 0.717) is 35.5 Å². The number of methoxy groups -OCH3 is 1. The number of ether oxygens (including phenoxy) is 2. The van der Waals surface area contributed by atoms with Gasteiger partial charge in [-0.15, -0.1) is 0 Å². The van der Waals surface area contributed by atoms with Crippen LogP contribution in [0.25, 0.3) is 0 Å². The van der Waals surface area contributed by atoms with Crippen LogP contribution in [0, 0.1) is 0 Å². The van der Waals surface area contributed by atoms with E-state index in [4.69, 9.17) is 9.47 Å². The van der Waals surface area contributed by atoms with E-state index in [1.165, 1.54) is 18.1 Å². The number of carbonyl (C=O) groups excluding carboxylic acids is 2. The molecule has 3 aliphatic rings. The molecule has 0 aromatic heterocycles. The molecule has 2 amide bonds. The van der Waals surface area contributed by atoms with Gasteiger partial charge in [0.15, 0.2) is 11.5 Å². The number of aliphatic hydroxyl groups excluding tert-OH is 3. The zero-order chi connectivity index (χ0) is 30.2. The van der Waals surface area contributed by atoms with E-state index >= 15 is 0 Å². The zero-order valence-electron chi connectivity index (χ0n) is 22.9. The number of nitrogens with one attached hydrogen (secondary N) is 1. The SMILES string of the molecule is COc1cc(CO)cc2c1OC1C2C(C(=O)NCCO)=CC(N(C(=O)c2ccc(C(F)(F)F)cc2)C2CCCC2)C1O. The first-order valence-electron chi connectivity index (χ1n) is 13.9. The number of carbonyl (C=O) groups is 2. The lowest BCUT2D eigenvalue weighted by Gasteiger charge is -2.43. The fraction of sp³-hybridized carbons (Fsp3) is 0.467. The maximum atomic E-state index is 14.0. The lowest BCUT2D eigenvalue weighted by molar-refractivity contribution is -0.137. The standard InChI is InChI=1S/C30H33F3N2O7/c1-41-23-13-16(15-37)12-20-24-21(28(39)34-10-11-36)14-22(25(38)27(24)42-26(20)23)35(19-4-2-3-5-19)29(40)17-6-8-18(9-7-17)30(31,32)33/h6-9,12-14,19,22,24-25,27,36-38H,2-5,10-11,15H2,1H3,(H,34,39). The molecule has 12 heteroatoms. The second-order valence-electron chi connectivity index (χ2n) is 10.7. The molecule has 4 atom stereocenters. The number of hydrogen-bond acceptors (Lipinski definition) is 7. The van der Waals surface area contributed by atoms with Crippen LogP contribution >= 0.6 is 0 Å². The molecule has 0 radical (unpaired) electrons. The number of halogens is 3. The number of benzene rings is 2. The molecule has 9 nitrogen and oxygen atoms in total. The summed E-state index contributed by atoms with van der Waals surface area (Å²) in [5, 5.41) is 33.6. The molecular formula is C30H33F3N2O7. The molecule has 4 N–H and O–H groups in total. The molecule has 2 aromatic carbocycles. The first kappa shape index (κ1) is 29.9. The number of fused-ring (bicyclic) bond motifs is 3. The highest BCUT2D eigenvalue weighted by Crippen LogP contribution is 2.52. The van der Waals surface area contributed by atoms with Gasteiger partial charge in [-0.05, 0) is 60.9 Å². The van der Waals surface area contributed by atoms with Gasteiger partial charge in [-0.1, -0.05) is 12.8 Å². The molecule has 0 saturated heterocycles. The Kier molecular flexibility index (Phi) is 8.49. The van der Waals surface area contributed by atoms with Crippen molar-refractivity contribution in [1.82, 2.24) is 10.2 Å². The first-order valence-corrected chi connectivity index (χ1v) is 13.9. The molecule has 1 saturated carbocycles. The van der Waals surface area contributed by atoms with Crippen molar-refractivity contribution in [3.8, 4) is 11.5 Å². The van der Waals surface area contributed by atoms with Crippen LogP contribution in [-0.4, -0.2) is 76.6 Å². The van der Waals surface area contributed by atoms with Crippen LogP contribution in [0.1, 0.15) is 58.6 Å². The van der Waals surface area contributed by atoms with Crippen LogP contribution in [0.3, 0.4) is 0 Å². The van der Waals surface area contributed by atoms with Gasteiger partial charge in [-0.2, -0.15) is 13.2 Å². The predicted molar refractivity (Wildman–Crippen MR) is 144 cm³/mol. The van der Waals surface area contributed by atoms with Crippen molar-refractivity contribution in [3.05, 3.63) is 70.3 Å².